The van der Waals surface area contributed by atoms with Gasteiger partial charge in [-0.25, -0.2) is 4.98 Å². The molecular formula is C7H8I2N2. The highest BCUT2D eigenvalue weighted by Gasteiger charge is 2.23. The molecule has 1 aromatic rings. The Morgan fingerprint density at radius 2 is 2.27 bits per heavy atom. The van der Waals surface area contributed by atoms with Crippen LogP contribution in [0.1, 0.15) is 25.1 Å². The molecule has 60 valence electrons. The first kappa shape index (κ1) is 8.28. The Morgan fingerprint density at radius 3 is 2.91 bits per heavy atom. The van der Waals surface area contributed by atoms with Gasteiger partial charge in [0.1, 0.15) is 3.70 Å². The summed E-state index contributed by atoms with van der Waals surface area (Å²) in [5.41, 5.74) is 1.43. The van der Waals surface area contributed by atoms with E-state index in [4.69, 9.17) is 0 Å². The van der Waals surface area contributed by atoms with Crippen molar-refractivity contribution in [2.75, 3.05) is 0 Å². The first-order chi connectivity index (χ1) is 5.20. The van der Waals surface area contributed by atoms with Crippen LogP contribution >= 0.6 is 45.2 Å². The molecule has 0 saturated carbocycles. The predicted octanol–water partition coefficient (Wildman–Crippen LogP) is 2.60. The normalized spacial score (nSPS) is 22.3. The highest BCUT2D eigenvalue weighted by Crippen LogP contribution is 2.30. The van der Waals surface area contributed by atoms with Gasteiger partial charge in [-0.15, -0.1) is 0 Å². The van der Waals surface area contributed by atoms with Crippen molar-refractivity contribution < 1.29 is 0 Å². The lowest BCUT2D eigenvalue weighted by Crippen LogP contribution is -2.00. The number of halogens is 2. The number of imidazole rings is 1. The molecule has 4 heteroatoms. The summed E-state index contributed by atoms with van der Waals surface area (Å²) in [5.74, 6) is 0. The molecule has 0 fully saturated rings. The van der Waals surface area contributed by atoms with Gasteiger partial charge >= 0.3 is 0 Å². The van der Waals surface area contributed by atoms with E-state index >= 15 is 0 Å². The zero-order valence-electron chi connectivity index (χ0n) is 6.14. The van der Waals surface area contributed by atoms with Crippen molar-refractivity contribution in [2.45, 2.75) is 25.8 Å². The molecule has 1 unspecified atom stereocenters. The van der Waals surface area contributed by atoms with Crippen LogP contribution in [0, 0.1) is 7.53 Å². The second kappa shape index (κ2) is 2.86. The molecule has 0 bridgehead atoms. The highest BCUT2D eigenvalue weighted by atomic mass is 127. The molecule has 0 spiro atoms. The lowest BCUT2D eigenvalue weighted by Gasteiger charge is -2.05. The maximum Gasteiger partial charge on any atom is 0.172 e. The minimum Gasteiger partial charge on any atom is -0.320 e. The molecule has 1 aromatic heterocycles. The molecule has 2 heterocycles. The third kappa shape index (κ3) is 1.22. The summed E-state index contributed by atoms with van der Waals surface area (Å²) in [6, 6.07) is 0.660. The Balaban J connectivity index is 2.60. The third-order valence-corrected chi connectivity index (χ3v) is 3.78. The lowest BCUT2D eigenvalue weighted by molar-refractivity contribution is 0.565. The van der Waals surface area contributed by atoms with Crippen LogP contribution in [0.4, 0.5) is 0 Å². The summed E-state index contributed by atoms with van der Waals surface area (Å²) in [7, 11) is 0. The monoisotopic (exact) mass is 374 g/mol. The largest absolute Gasteiger partial charge is 0.320 e. The van der Waals surface area contributed by atoms with Crippen molar-refractivity contribution in [1.82, 2.24) is 9.55 Å². The van der Waals surface area contributed by atoms with Gasteiger partial charge in [-0.3, -0.25) is 0 Å². The fourth-order valence-electron chi connectivity index (χ4n) is 1.56. The maximum absolute atomic E-state index is 4.42. The van der Waals surface area contributed by atoms with Gasteiger partial charge in [0.05, 0.1) is 5.69 Å². The average Bonchev–Trinajstić information content (AvgIpc) is 2.41. The van der Waals surface area contributed by atoms with Gasteiger partial charge < -0.3 is 4.57 Å². The van der Waals surface area contributed by atoms with Crippen LogP contribution in [-0.2, 0) is 6.42 Å². The van der Waals surface area contributed by atoms with E-state index in [1.165, 1.54) is 22.2 Å². The first-order valence-electron chi connectivity index (χ1n) is 3.62. The van der Waals surface area contributed by atoms with Gasteiger partial charge in [-0.05, 0) is 64.9 Å². The van der Waals surface area contributed by atoms with Gasteiger partial charge in [0.25, 0.3) is 0 Å². The molecule has 2 nitrogen and oxygen atoms in total. The fourth-order valence-corrected chi connectivity index (χ4v) is 3.78. The Morgan fingerprint density at radius 1 is 1.55 bits per heavy atom. The van der Waals surface area contributed by atoms with Crippen molar-refractivity contribution in [2.24, 2.45) is 0 Å². The van der Waals surface area contributed by atoms with Crippen LogP contribution in [0.3, 0.4) is 0 Å². The standard InChI is InChI=1S/C7H8I2N2/c1-4-2-3-5-6(8)10-7(9)11(4)5/h4H,2-3H2,1H3. The third-order valence-electron chi connectivity index (χ3n) is 2.16. The molecule has 2 rings (SSSR count). The Labute approximate surface area is 93.0 Å². The van der Waals surface area contributed by atoms with Crippen LogP contribution in [0.15, 0.2) is 0 Å². The smallest absolute Gasteiger partial charge is 0.172 e. The molecule has 0 aliphatic carbocycles. The minimum atomic E-state index is 0.660. The van der Waals surface area contributed by atoms with Gasteiger partial charge in [-0.1, -0.05) is 0 Å². The summed E-state index contributed by atoms with van der Waals surface area (Å²) in [5, 5.41) is 0. The number of fused-ring (bicyclic) bond motifs is 1. The van der Waals surface area contributed by atoms with Gasteiger partial charge in [-0.2, -0.15) is 0 Å². The van der Waals surface area contributed by atoms with Crippen molar-refractivity contribution in [1.29, 1.82) is 0 Å². The molecule has 0 amide bonds. The van der Waals surface area contributed by atoms with E-state index in [1.54, 1.807) is 0 Å². The van der Waals surface area contributed by atoms with E-state index in [9.17, 15) is 0 Å². The summed E-state index contributed by atoms with van der Waals surface area (Å²) < 4.78 is 4.69. The van der Waals surface area contributed by atoms with E-state index in [1.807, 2.05) is 0 Å². The molecule has 11 heavy (non-hydrogen) atoms. The second-order valence-corrected chi connectivity index (χ2v) is 4.86. The molecule has 0 aromatic carbocycles. The SMILES string of the molecule is CC1CCc2c(I)nc(I)n21. The molecule has 1 atom stereocenters. The van der Waals surface area contributed by atoms with Crippen molar-refractivity contribution in [3.05, 3.63) is 13.2 Å². The Kier molecular flexibility index (Phi) is 2.15. The first-order valence-corrected chi connectivity index (χ1v) is 5.78. The van der Waals surface area contributed by atoms with Gasteiger partial charge in [0.2, 0.25) is 0 Å². The zero-order chi connectivity index (χ0) is 8.01. The number of hydrogen-bond acceptors (Lipinski definition) is 1. The number of nitrogens with zero attached hydrogens (tertiary/aromatic N) is 2. The molecule has 0 saturated heterocycles. The Bertz CT molecular complexity index is 293. The Hall–Kier alpha value is 0.670. The maximum atomic E-state index is 4.42. The molecule has 1 aliphatic rings. The highest BCUT2D eigenvalue weighted by molar-refractivity contribution is 14.1. The van der Waals surface area contributed by atoms with E-state index in [0.717, 1.165) is 3.83 Å². The number of hydrogen-bond donors (Lipinski definition) is 0. The van der Waals surface area contributed by atoms with Gasteiger partial charge in [0, 0.05) is 6.04 Å². The predicted molar refractivity (Wildman–Crippen MR) is 60.7 cm³/mol. The fraction of sp³-hybridized carbons (Fsp3) is 0.571. The number of rotatable bonds is 0. The molecule has 0 N–H and O–H groups in total. The zero-order valence-corrected chi connectivity index (χ0v) is 10.5. The van der Waals surface area contributed by atoms with Crippen LogP contribution < -0.4 is 0 Å². The summed E-state index contributed by atoms with van der Waals surface area (Å²) in [4.78, 5) is 4.42. The van der Waals surface area contributed by atoms with Crippen molar-refractivity contribution in [3.63, 3.8) is 0 Å². The van der Waals surface area contributed by atoms with Crippen LogP contribution in [0.2, 0.25) is 0 Å². The van der Waals surface area contributed by atoms with E-state index in [0.29, 0.717) is 6.04 Å². The summed E-state index contributed by atoms with van der Waals surface area (Å²) in [6.07, 6.45) is 2.49. The molecule has 1 aliphatic heterocycles. The van der Waals surface area contributed by atoms with Crippen LogP contribution in [0.5, 0.6) is 0 Å². The summed E-state index contributed by atoms with van der Waals surface area (Å²) in [6.45, 7) is 2.26. The quantitative estimate of drug-likeness (QED) is 0.639. The van der Waals surface area contributed by atoms with Gasteiger partial charge in [0.15, 0.2) is 3.83 Å². The lowest BCUT2D eigenvalue weighted by atomic mass is 10.2. The minimum absolute atomic E-state index is 0.660. The average molecular weight is 374 g/mol. The van der Waals surface area contributed by atoms with Crippen molar-refractivity contribution >= 4 is 45.2 Å². The van der Waals surface area contributed by atoms with Crippen molar-refractivity contribution in [3.8, 4) is 0 Å². The van der Waals surface area contributed by atoms with E-state index in [2.05, 4.69) is 61.7 Å². The van der Waals surface area contributed by atoms with E-state index in [-0.39, 0.29) is 0 Å². The second-order valence-electron chi connectivity index (χ2n) is 2.88. The number of aromatic nitrogens is 2. The molecule has 0 radical (unpaired) electrons. The summed E-state index contributed by atoms with van der Waals surface area (Å²) >= 11 is 4.63. The topological polar surface area (TPSA) is 17.8 Å². The van der Waals surface area contributed by atoms with Crippen LogP contribution in [-0.4, -0.2) is 9.55 Å². The molecular weight excluding hydrogens is 366 g/mol. The van der Waals surface area contributed by atoms with Crippen LogP contribution in [0.25, 0.3) is 0 Å². The van der Waals surface area contributed by atoms with E-state index < -0.39 is 0 Å².